The number of hydrogen-bond donors (Lipinski definition) is 1. The van der Waals surface area contributed by atoms with Crippen LogP contribution in [0.4, 0.5) is 0 Å². The van der Waals surface area contributed by atoms with Gasteiger partial charge in [0.25, 0.3) is 0 Å². The number of methoxy groups -OCH3 is 1. The van der Waals surface area contributed by atoms with Crippen molar-refractivity contribution in [2.75, 3.05) is 26.8 Å². The second kappa shape index (κ2) is 10.2. The van der Waals surface area contributed by atoms with Gasteiger partial charge >= 0.3 is 0 Å². The summed E-state index contributed by atoms with van der Waals surface area (Å²) in [6.07, 6.45) is 1.32. The number of sulfonamides is 1. The highest BCUT2D eigenvalue weighted by Crippen LogP contribution is 2.28. The van der Waals surface area contributed by atoms with E-state index >= 15 is 0 Å². The first-order chi connectivity index (χ1) is 14.8. The lowest BCUT2D eigenvalue weighted by atomic mass is 9.98. The Labute approximate surface area is 184 Å². The molecule has 1 N–H and O–H groups in total. The van der Waals surface area contributed by atoms with Crippen molar-refractivity contribution in [3.63, 3.8) is 0 Å². The molecule has 2 aromatic carbocycles. The van der Waals surface area contributed by atoms with Crippen molar-refractivity contribution in [1.29, 1.82) is 0 Å². The molecule has 0 saturated carbocycles. The Bertz CT molecular complexity index is 1010. The summed E-state index contributed by atoms with van der Waals surface area (Å²) in [5.41, 5.74) is 1.89. The molecule has 2 aromatic rings. The molecule has 0 bridgehead atoms. The number of carbonyl (C=O) groups excluding carboxylic acids is 1. The molecule has 0 unspecified atom stereocenters. The summed E-state index contributed by atoms with van der Waals surface area (Å²) in [7, 11) is -2.03. The minimum atomic E-state index is -3.61. The van der Waals surface area contributed by atoms with Gasteiger partial charge in [-0.05, 0) is 56.5 Å². The first kappa shape index (κ1) is 23.1. The highest BCUT2D eigenvalue weighted by Gasteiger charge is 2.33. The third kappa shape index (κ3) is 5.57. The molecule has 0 aromatic heterocycles. The van der Waals surface area contributed by atoms with E-state index in [9.17, 15) is 13.2 Å². The van der Waals surface area contributed by atoms with Crippen molar-refractivity contribution < 1.29 is 22.7 Å². The summed E-state index contributed by atoms with van der Waals surface area (Å²) in [5, 5.41) is 2.94. The van der Waals surface area contributed by atoms with Crippen LogP contribution in [0.2, 0.25) is 0 Å². The molecular formula is C23H30N2O5S. The van der Waals surface area contributed by atoms with Crippen molar-refractivity contribution in [3.05, 3.63) is 53.6 Å². The van der Waals surface area contributed by atoms with Crippen LogP contribution < -0.4 is 14.8 Å². The van der Waals surface area contributed by atoms with Crippen LogP contribution in [0.1, 0.15) is 30.9 Å². The lowest BCUT2D eigenvalue weighted by Gasteiger charge is -2.31. The predicted octanol–water partition coefficient (Wildman–Crippen LogP) is 3.12. The van der Waals surface area contributed by atoms with E-state index in [1.165, 1.54) is 4.31 Å². The van der Waals surface area contributed by atoms with E-state index in [2.05, 4.69) is 5.32 Å². The number of rotatable bonds is 8. The maximum Gasteiger partial charge on any atom is 0.243 e. The van der Waals surface area contributed by atoms with Gasteiger partial charge in [0.2, 0.25) is 15.9 Å². The molecule has 3 rings (SSSR count). The second-order valence-corrected chi connectivity index (χ2v) is 9.59. The highest BCUT2D eigenvalue weighted by molar-refractivity contribution is 7.89. The number of benzene rings is 2. The summed E-state index contributed by atoms with van der Waals surface area (Å²) in [6.45, 7) is 5.28. The summed E-state index contributed by atoms with van der Waals surface area (Å²) >= 11 is 0. The molecular weight excluding hydrogens is 416 g/mol. The van der Waals surface area contributed by atoms with Crippen molar-refractivity contribution in [1.82, 2.24) is 9.62 Å². The van der Waals surface area contributed by atoms with Gasteiger partial charge in [-0.1, -0.05) is 23.8 Å². The molecule has 0 aliphatic carbocycles. The molecule has 31 heavy (non-hydrogen) atoms. The van der Waals surface area contributed by atoms with E-state index < -0.39 is 10.0 Å². The molecule has 1 saturated heterocycles. The lowest BCUT2D eigenvalue weighted by molar-refractivity contribution is -0.126. The SMILES string of the molecule is CCOc1cc(CNC(=O)[C@@H]2CCCN(S(=O)(=O)c3ccc(C)cc3)C2)ccc1OC. The third-order valence-corrected chi connectivity index (χ3v) is 7.29. The number of amides is 1. The van der Waals surface area contributed by atoms with E-state index in [4.69, 9.17) is 9.47 Å². The molecule has 8 heteroatoms. The van der Waals surface area contributed by atoms with E-state index in [1.54, 1.807) is 31.4 Å². The van der Waals surface area contributed by atoms with E-state index in [-0.39, 0.29) is 23.3 Å². The van der Waals surface area contributed by atoms with Crippen LogP contribution in [0.25, 0.3) is 0 Å². The van der Waals surface area contributed by atoms with Gasteiger partial charge in [0, 0.05) is 19.6 Å². The summed E-state index contributed by atoms with van der Waals surface area (Å²) in [6, 6.07) is 12.3. The zero-order valence-electron chi connectivity index (χ0n) is 18.3. The van der Waals surface area contributed by atoms with Gasteiger partial charge < -0.3 is 14.8 Å². The van der Waals surface area contributed by atoms with Crippen LogP contribution in [0.5, 0.6) is 11.5 Å². The van der Waals surface area contributed by atoms with Crippen LogP contribution in [0.15, 0.2) is 47.4 Å². The topological polar surface area (TPSA) is 84.9 Å². The fourth-order valence-corrected chi connectivity index (χ4v) is 5.19. The molecule has 1 amide bonds. The molecule has 1 aliphatic rings. The number of nitrogens with one attached hydrogen (secondary N) is 1. The van der Waals surface area contributed by atoms with Crippen molar-refractivity contribution in [3.8, 4) is 11.5 Å². The minimum absolute atomic E-state index is 0.141. The predicted molar refractivity (Wildman–Crippen MR) is 119 cm³/mol. The molecule has 1 fully saturated rings. The van der Waals surface area contributed by atoms with Crippen LogP contribution in [0, 0.1) is 12.8 Å². The molecule has 0 spiro atoms. The average molecular weight is 447 g/mol. The molecule has 1 atom stereocenters. The number of hydrogen-bond acceptors (Lipinski definition) is 5. The second-order valence-electron chi connectivity index (χ2n) is 7.65. The van der Waals surface area contributed by atoms with E-state index in [0.717, 1.165) is 11.1 Å². The Hall–Kier alpha value is -2.58. The first-order valence-corrected chi connectivity index (χ1v) is 11.9. The van der Waals surface area contributed by atoms with Crippen LogP contribution >= 0.6 is 0 Å². The number of nitrogens with zero attached hydrogens (tertiary/aromatic N) is 1. The quantitative estimate of drug-likeness (QED) is 0.674. The Morgan fingerprint density at radius 1 is 1.16 bits per heavy atom. The zero-order chi connectivity index (χ0) is 22.4. The largest absolute Gasteiger partial charge is 0.493 e. The first-order valence-electron chi connectivity index (χ1n) is 10.5. The third-order valence-electron chi connectivity index (χ3n) is 5.41. The van der Waals surface area contributed by atoms with Crippen LogP contribution in [-0.2, 0) is 21.4 Å². The van der Waals surface area contributed by atoms with Gasteiger partial charge in [0.05, 0.1) is 24.5 Å². The molecule has 1 aliphatic heterocycles. The fourth-order valence-electron chi connectivity index (χ4n) is 3.67. The van der Waals surface area contributed by atoms with Gasteiger partial charge in [-0.2, -0.15) is 4.31 Å². The van der Waals surface area contributed by atoms with Gasteiger partial charge in [-0.15, -0.1) is 0 Å². The van der Waals surface area contributed by atoms with Crippen molar-refractivity contribution in [2.45, 2.75) is 38.1 Å². The average Bonchev–Trinajstić information content (AvgIpc) is 2.78. The number of ether oxygens (including phenoxy) is 2. The number of aryl methyl sites for hydroxylation is 1. The summed E-state index contributed by atoms with van der Waals surface area (Å²) in [5.74, 6) is 0.752. The van der Waals surface area contributed by atoms with Crippen molar-refractivity contribution in [2.24, 2.45) is 5.92 Å². The Morgan fingerprint density at radius 3 is 2.58 bits per heavy atom. The zero-order valence-corrected chi connectivity index (χ0v) is 19.1. The molecule has 168 valence electrons. The normalized spacial score (nSPS) is 17.2. The lowest BCUT2D eigenvalue weighted by Crippen LogP contribution is -2.45. The van der Waals surface area contributed by atoms with Crippen LogP contribution in [-0.4, -0.2) is 45.4 Å². The van der Waals surface area contributed by atoms with Gasteiger partial charge in [0.15, 0.2) is 11.5 Å². The smallest absolute Gasteiger partial charge is 0.243 e. The maximum atomic E-state index is 13.0. The molecule has 7 nitrogen and oxygen atoms in total. The maximum absolute atomic E-state index is 13.0. The number of carbonyl (C=O) groups is 1. The standard InChI is InChI=1S/C23H30N2O5S/c1-4-30-22-14-18(9-12-21(22)29-3)15-24-23(26)19-6-5-13-25(16-19)31(27,28)20-10-7-17(2)8-11-20/h7-12,14,19H,4-6,13,15-16H2,1-3H3,(H,24,26)/t19-/m1/s1. The van der Waals surface area contributed by atoms with Gasteiger partial charge in [-0.3, -0.25) is 4.79 Å². The number of piperidine rings is 1. The minimum Gasteiger partial charge on any atom is -0.493 e. The van der Waals surface area contributed by atoms with Gasteiger partial charge in [0.1, 0.15) is 0 Å². The highest BCUT2D eigenvalue weighted by atomic mass is 32.2. The van der Waals surface area contributed by atoms with Gasteiger partial charge in [-0.25, -0.2) is 8.42 Å². The summed E-state index contributed by atoms with van der Waals surface area (Å²) in [4.78, 5) is 13.0. The molecule has 0 radical (unpaired) electrons. The fraction of sp³-hybridized carbons (Fsp3) is 0.435. The Morgan fingerprint density at radius 2 is 1.90 bits per heavy atom. The van der Waals surface area contributed by atoms with Crippen LogP contribution in [0.3, 0.4) is 0 Å². The monoisotopic (exact) mass is 446 g/mol. The Kier molecular flexibility index (Phi) is 7.56. The van der Waals surface area contributed by atoms with Crippen molar-refractivity contribution >= 4 is 15.9 Å². The molecule has 1 heterocycles. The van der Waals surface area contributed by atoms with E-state index in [0.29, 0.717) is 44.0 Å². The summed E-state index contributed by atoms with van der Waals surface area (Å²) < 4.78 is 38.2. The Balaban J connectivity index is 1.63. The van der Waals surface area contributed by atoms with E-state index in [1.807, 2.05) is 32.0 Å².